The van der Waals surface area contributed by atoms with E-state index in [-0.39, 0.29) is 39.3 Å². The molecule has 3 aromatic carbocycles. The van der Waals surface area contributed by atoms with E-state index in [0.29, 0.717) is 31.9 Å². The Kier molecular flexibility index (Phi) is 11.5. The Labute approximate surface area is 250 Å². The molecule has 0 spiro atoms. The molecular weight excluding hydrogens is 592 g/mol. The van der Waals surface area contributed by atoms with Crippen LogP contribution in [0.15, 0.2) is 65.7 Å². The number of guanidine groups is 1. The number of fused-ring (bicyclic) bond motifs is 1. The molecular formula is C29H34F4N4O7. The van der Waals surface area contributed by atoms with Crippen molar-refractivity contribution in [3.63, 3.8) is 0 Å². The Morgan fingerprint density at radius 1 is 0.932 bits per heavy atom. The summed E-state index contributed by atoms with van der Waals surface area (Å²) in [7, 11) is 2.71. The van der Waals surface area contributed by atoms with Crippen LogP contribution in [0.3, 0.4) is 0 Å². The van der Waals surface area contributed by atoms with Gasteiger partial charge in [0.2, 0.25) is 5.96 Å². The molecule has 2 aliphatic heterocycles. The quantitative estimate of drug-likeness (QED) is 0.409. The maximum absolute atomic E-state index is 15.1. The van der Waals surface area contributed by atoms with Crippen LogP contribution < -0.4 is 19.3 Å². The Bertz CT molecular complexity index is 1480. The van der Waals surface area contributed by atoms with Crippen molar-refractivity contribution >= 4 is 29.0 Å². The molecule has 3 aromatic rings. The number of carboxylic acid groups (broad SMARTS) is 1. The van der Waals surface area contributed by atoms with Crippen LogP contribution in [0.25, 0.3) is 0 Å². The van der Waals surface area contributed by atoms with Gasteiger partial charge in [0.25, 0.3) is 0 Å². The maximum Gasteiger partial charge on any atom is 0.420 e. The van der Waals surface area contributed by atoms with E-state index >= 15 is 4.39 Å². The van der Waals surface area contributed by atoms with Gasteiger partial charge in [0.05, 0.1) is 37.9 Å². The zero-order valence-corrected chi connectivity index (χ0v) is 23.9. The molecule has 0 bridgehead atoms. The molecule has 0 radical (unpaired) electrons. The predicted molar refractivity (Wildman–Crippen MR) is 157 cm³/mol. The van der Waals surface area contributed by atoms with Gasteiger partial charge in [0.15, 0.2) is 5.75 Å². The topological polar surface area (TPSA) is 172 Å². The minimum absolute atomic E-state index is 0. The summed E-state index contributed by atoms with van der Waals surface area (Å²) < 4.78 is 67.7. The van der Waals surface area contributed by atoms with E-state index in [9.17, 15) is 23.1 Å². The molecule has 1 saturated heterocycles. The third-order valence-electron chi connectivity index (χ3n) is 7.23. The molecule has 15 heteroatoms. The van der Waals surface area contributed by atoms with Crippen LogP contribution in [0.2, 0.25) is 0 Å². The van der Waals surface area contributed by atoms with Crippen molar-refractivity contribution < 1.29 is 53.4 Å². The van der Waals surface area contributed by atoms with E-state index in [2.05, 4.69) is 9.89 Å². The first-order valence-corrected chi connectivity index (χ1v) is 12.9. The highest BCUT2D eigenvalue weighted by atomic mass is 19.4. The van der Waals surface area contributed by atoms with Crippen molar-refractivity contribution in [2.75, 3.05) is 50.2 Å². The predicted octanol–water partition coefficient (Wildman–Crippen LogP) is 3.23. The van der Waals surface area contributed by atoms with Crippen molar-refractivity contribution in [3.8, 4) is 11.5 Å². The monoisotopic (exact) mass is 626 g/mol. The van der Waals surface area contributed by atoms with Crippen molar-refractivity contribution in [1.82, 2.24) is 4.90 Å². The number of aliphatic imine (C=N–C) groups is 1. The van der Waals surface area contributed by atoms with Gasteiger partial charge in [0.1, 0.15) is 17.3 Å². The van der Waals surface area contributed by atoms with Crippen LogP contribution in [0.4, 0.5) is 34.6 Å². The molecule has 1 fully saturated rings. The molecule has 0 unspecified atom stereocenters. The Morgan fingerprint density at radius 3 is 2.18 bits per heavy atom. The van der Waals surface area contributed by atoms with Crippen molar-refractivity contribution in [1.29, 1.82) is 0 Å². The van der Waals surface area contributed by atoms with Crippen molar-refractivity contribution in [3.05, 3.63) is 77.6 Å². The number of anilines is 2. The molecule has 11 nitrogen and oxygen atoms in total. The van der Waals surface area contributed by atoms with Crippen molar-refractivity contribution in [2.24, 2.45) is 4.99 Å². The van der Waals surface area contributed by atoms with Gasteiger partial charge in [-0.3, -0.25) is 4.79 Å². The molecule has 7 N–H and O–H groups in total. The van der Waals surface area contributed by atoms with E-state index in [0.717, 1.165) is 18.9 Å². The number of piperazine rings is 1. The van der Waals surface area contributed by atoms with E-state index in [1.807, 2.05) is 29.2 Å². The lowest BCUT2D eigenvalue weighted by atomic mass is 9.96. The molecule has 2 heterocycles. The second-order valence-corrected chi connectivity index (χ2v) is 9.60. The number of methoxy groups -OCH3 is 2. The van der Waals surface area contributed by atoms with Crippen LogP contribution >= 0.6 is 0 Å². The van der Waals surface area contributed by atoms with Crippen LogP contribution in [0.5, 0.6) is 11.5 Å². The number of nitrogens with zero attached hydrogens (tertiary/aromatic N) is 4. The van der Waals surface area contributed by atoms with Crippen LogP contribution in [0, 0.1) is 5.82 Å². The standard InChI is InChI=1S/C29H28F4N4O4.3H2O/c1-40-19-7-3-6-18(16-19)35-12-14-36(15-13-35)28-34-26-20(8-4-10-22(26)30)24(17-25(38)39)37(28)23-11-5-9-21(27(23)41-2)29(31,32)33;;;/h3-11,16,24H,12-15,17H2,1-2H3,(H,38,39);3*1H2/t24-;;;/m0.../s1. The number of hydrogen-bond acceptors (Lipinski definition) is 7. The van der Waals surface area contributed by atoms with Crippen LogP contribution in [0.1, 0.15) is 23.6 Å². The number of rotatable bonds is 6. The summed E-state index contributed by atoms with van der Waals surface area (Å²) in [6, 6.07) is 14.3. The first-order chi connectivity index (χ1) is 19.6. The fourth-order valence-electron chi connectivity index (χ4n) is 5.34. The molecule has 44 heavy (non-hydrogen) atoms. The zero-order valence-electron chi connectivity index (χ0n) is 23.9. The molecule has 240 valence electrons. The van der Waals surface area contributed by atoms with Gasteiger partial charge >= 0.3 is 12.1 Å². The second-order valence-electron chi connectivity index (χ2n) is 9.60. The summed E-state index contributed by atoms with van der Waals surface area (Å²) in [6.07, 6.45) is -5.25. The number of ether oxygens (including phenoxy) is 2. The fourth-order valence-corrected chi connectivity index (χ4v) is 5.34. The number of hydrogen-bond donors (Lipinski definition) is 1. The molecule has 5 rings (SSSR count). The summed E-state index contributed by atoms with van der Waals surface area (Å²) in [4.78, 5) is 22.0. The third-order valence-corrected chi connectivity index (χ3v) is 7.23. The lowest BCUT2D eigenvalue weighted by Gasteiger charge is -2.45. The second kappa shape index (κ2) is 14.2. The summed E-state index contributed by atoms with van der Waals surface area (Å²) in [5, 5.41) is 9.83. The normalized spacial score (nSPS) is 16.0. The van der Waals surface area contributed by atoms with E-state index in [1.165, 1.54) is 29.2 Å². The molecule has 0 aliphatic carbocycles. The average molecular weight is 627 g/mol. The van der Waals surface area contributed by atoms with Gasteiger partial charge in [-0.1, -0.05) is 24.3 Å². The van der Waals surface area contributed by atoms with Gasteiger partial charge in [-0.05, 0) is 30.3 Å². The summed E-state index contributed by atoms with van der Waals surface area (Å²) in [5.74, 6) is -1.48. The summed E-state index contributed by atoms with van der Waals surface area (Å²) >= 11 is 0. The molecule has 0 aromatic heterocycles. The lowest BCUT2D eigenvalue weighted by Crippen LogP contribution is -2.55. The third kappa shape index (κ3) is 6.79. The minimum atomic E-state index is -4.73. The van der Waals surface area contributed by atoms with E-state index in [1.54, 1.807) is 13.2 Å². The number of benzene rings is 3. The zero-order chi connectivity index (χ0) is 29.3. The Balaban J connectivity index is 0.00000225. The van der Waals surface area contributed by atoms with Crippen LogP contribution in [-0.4, -0.2) is 78.8 Å². The van der Waals surface area contributed by atoms with Crippen LogP contribution in [-0.2, 0) is 11.0 Å². The van der Waals surface area contributed by atoms with Gasteiger partial charge < -0.3 is 45.7 Å². The highest BCUT2D eigenvalue weighted by molar-refractivity contribution is 6.02. The summed E-state index contributed by atoms with van der Waals surface area (Å²) in [6.45, 7) is 1.82. The number of carbonyl (C=O) groups is 1. The molecule has 0 saturated carbocycles. The maximum atomic E-state index is 15.1. The number of aliphatic carboxylic acids is 1. The highest BCUT2D eigenvalue weighted by Crippen LogP contribution is 2.48. The van der Waals surface area contributed by atoms with Gasteiger partial charge in [-0.25, -0.2) is 9.38 Å². The highest BCUT2D eigenvalue weighted by Gasteiger charge is 2.41. The first-order valence-electron chi connectivity index (χ1n) is 12.9. The van der Waals surface area contributed by atoms with Crippen molar-refractivity contribution in [2.45, 2.75) is 18.6 Å². The van der Waals surface area contributed by atoms with Gasteiger partial charge in [-0.2, -0.15) is 13.2 Å². The Morgan fingerprint density at radius 2 is 1.57 bits per heavy atom. The van der Waals surface area contributed by atoms with E-state index in [4.69, 9.17) is 9.47 Å². The fraction of sp³-hybridized carbons (Fsp3) is 0.310. The molecule has 2 aliphatic rings. The largest absolute Gasteiger partial charge is 0.497 e. The molecule has 0 amide bonds. The Hall–Kier alpha value is -4.60. The first kappa shape index (κ1) is 35.6. The number of carboxylic acids is 1. The van der Waals surface area contributed by atoms with Gasteiger partial charge in [-0.15, -0.1) is 0 Å². The number of halogens is 4. The molecule has 1 atom stereocenters. The van der Waals surface area contributed by atoms with E-state index < -0.39 is 41.7 Å². The number of para-hydroxylation sites is 2. The minimum Gasteiger partial charge on any atom is -0.497 e. The smallest absolute Gasteiger partial charge is 0.420 e. The average Bonchev–Trinajstić information content (AvgIpc) is 2.96. The number of alkyl halides is 3. The lowest BCUT2D eigenvalue weighted by molar-refractivity contribution is -0.139. The summed E-state index contributed by atoms with van der Waals surface area (Å²) in [5.41, 5.74) is 0.124. The SMILES string of the molecule is COc1cccc(N2CCN(C3=Nc4c(F)cccc4[C@H](CC(=O)O)N3c3cccc(C(F)(F)F)c3OC)CC2)c1.O.O.O. The van der Waals surface area contributed by atoms with Gasteiger partial charge in [0, 0.05) is 43.5 Å².